The van der Waals surface area contributed by atoms with Gasteiger partial charge < -0.3 is 19.9 Å². The Morgan fingerprint density at radius 3 is 2.37 bits per heavy atom. The van der Waals surface area contributed by atoms with Crippen LogP contribution in [-0.2, 0) is 20.9 Å². The molecule has 184 valence electrons. The van der Waals surface area contributed by atoms with Crippen molar-refractivity contribution in [3.63, 3.8) is 0 Å². The maximum Gasteiger partial charge on any atom is 0.276 e. The molecule has 3 atom stereocenters. The minimum atomic E-state index is -2.05. The Hall–Kier alpha value is -1.84. The second-order valence-electron chi connectivity index (χ2n) is 7.90. The summed E-state index contributed by atoms with van der Waals surface area (Å²) in [6.45, 7) is -0.0119. The molecule has 2 N–H and O–H groups in total. The lowest BCUT2D eigenvalue weighted by molar-refractivity contribution is -0.245. The van der Waals surface area contributed by atoms with Gasteiger partial charge in [-0.05, 0) is 35.4 Å². The molecule has 1 aromatic heterocycles. The SMILES string of the molecule is O=C(Nc1ccc([C@H]2O[C@@H](CSc3ccccn3)C[C@@H](c3ccc(CO)cc3)O2)cc1)C(Cl)(Cl)Cl. The smallest absolute Gasteiger partial charge is 0.276 e. The lowest BCUT2D eigenvalue weighted by atomic mass is 10.0. The first-order valence-corrected chi connectivity index (χ1v) is 13.0. The summed E-state index contributed by atoms with van der Waals surface area (Å²) in [6, 6.07) is 20.5. The van der Waals surface area contributed by atoms with Crippen molar-refractivity contribution in [3.8, 4) is 0 Å². The number of pyridine rings is 1. The molecule has 0 radical (unpaired) electrons. The number of alkyl halides is 3. The van der Waals surface area contributed by atoms with Gasteiger partial charge in [0.25, 0.3) is 9.70 Å². The number of carbonyl (C=O) groups excluding carboxylic acids is 1. The second-order valence-corrected chi connectivity index (χ2v) is 11.2. The molecule has 0 bridgehead atoms. The zero-order chi connectivity index (χ0) is 24.8. The number of thioether (sulfide) groups is 1. The number of nitrogens with zero attached hydrogens (tertiary/aromatic N) is 1. The number of rotatable bonds is 7. The highest BCUT2D eigenvalue weighted by molar-refractivity contribution is 7.99. The van der Waals surface area contributed by atoms with Gasteiger partial charge in [0.05, 0.1) is 23.8 Å². The second kappa shape index (κ2) is 11.9. The van der Waals surface area contributed by atoms with E-state index in [1.807, 2.05) is 42.5 Å². The highest BCUT2D eigenvalue weighted by Crippen LogP contribution is 2.39. The Morgan fingerprint density at radius 2 is 1.74 bits per heavy atom. The van der Waals surface area contributed by atoms with Crippen LogP contribution in [0, 0.1) is 0 Å². The van der Waals surface area contributed by atoms with Gasteiger partial charge in [-0.3, -0.25) is 4.79 Å². The largest absolute Gasteiger partial charge is 0.392 e. The average molecular weight is 554 g/mol. The third-order valence-electron chi connectivity index (χ3n) is 5.37. The van der Waals surface area contributed by atoms with Crippen molar-refractivity contribution in [2.75, 3.05) is 11.1 Å². The minimum Gasteiger partial charge on any atom is -0.392 e. The Bertz CT molecular complexity index is 1110. The van der Waals surface area contributed by atoms with Crippen molar-refractivity contribution in [2.45, 2.75) is 40.3 Å². The number of hydrogen-bond acceptors (Lipinski definition) is 6. The topological polar surface area (TPSA) is 80.7 Å². The molecule has 0 saturated carbocycles. The maximum atomic E-state index is 11.9. The zero-order valence-electron chi connectivity index (χ0n) is 18.4. The maximum absolute atomic E-state index is 11.9. The zero-order valence-corrected chi connectivity index (χ0v) is 21.5. The van der Waals surface area contributed by atoms with Gasteiger partial charge in [-0.2, -0.15) is 0 Å². The first kappa shape index (κ1) is 26.2. The van der Waals surface area contributed by atoms with Crippen LogP contribution < -0.4 is 5.32 Å². The number of anilines is 1. The first-order valence-electron chi connectivity index (χ1n) is 10.8. The molecular weight excluding hydrogens is 531 g/mol. The van der Waals surface area contributed by atoms with Crippen molar-refractivity contribution in [1.29, 1.82) is 0 Å². The van der Waals surface area contributed by atoms with Crippen LogP contribution in [0.3, 0.4) is 0 Å². The molecular formula is C25H23Cl3N2O4S. The van der Waals surface area contributed by atoms with Gasteiger partial charge in [-0.25, -0.2) is 4.98 Å². The van der Waals surface area contributed by atoms with Gasteiger partial charge >= 0.3 is 0 Å². The molecule has 4 rings (SSSR count). The van der Waals surface area contributed by atoms with Crippen LogP contribution in [0.2, 0.25) is 0 Å². The van der Waals surface area contributed by atoms with Gasteiger partial charge in [0.1, 0.15) is 0 Å². The van der Waals surface area contributed by atoms with E-state index in [-0.39, 0.29) is 18.8 Å². The molecule has 0 unspecified atom stereocenters. The molecule has 1 aliphatic rings. The standard InChI is InChI=1S/C25H23Cl3N2O4S/c26-25(27,28)24(32)30-19-10-8-18(9-11-19)23-33-20(15-35-22-3-1-2-12-29-22)13-21(34-23)17-6-4-16(14-31)5-7-17/h1-12,20-21,23,31H,13-15H2,(H,30,32)/t20-,21+,23+/m1/s1. The fourth-order valence-electron chi connectivity index (χ4n) is 3.56. The van der Waals surface area contributed by atoms with Crippen molar-refractivity contribution in [3.05, 3.63) is 89.6 Å². The predicted molar refractivity (Wildman–Crippen MR) is 139 cm³/mol. The van der Waals surface area contributed by atoms with Crippen LogP contribution in [0.25, 0.3) is 0 Å². The Balaban J connectivity index is 1.50. The van der Waals surface area contributed by atoms with Crippen LogP contribution in [0.15, 0.2) is 78.0 Å². The van der Waals surface area contributed by atoms with E-state index in [1.165, 1.54) is 0 Å². The molecule has 1 aliphatic heterocycles. The van der Waals surface area contributed by atoms with Gasteiger partial charge in [0.2, 0.25) is 0 Å². The monoisotopic (exact) mass is 552 g/mol. The molecule has 1 amide bonds. The molecule has 3 aromatic rings. The highest BCUT2D eigenvalue weighted by Gasteiger charge is 2.33. The quantitative estimate of drug-likeness (QED) is 0.267. The van der Waals surface area contributed by atoms with E-state index in [9.17, 15) is 9.90 Å². The van der Waals surface area contributed by atoms with Crippen LogP contribution in [-0.4, -0.2) is 31.6 Å². The first-order chi connectivity index (χ1) is 16.8. The number of carbonyl (C=O) groups is 1. The summed E-state index contributed by atoms with van der Waals surface area (Å²) in [5, 5.41) is 12.8. The molecule has 1 fully saturated rings. The molecule has 1 saturated heterocycles. The summed E-state index contributed by atoms with van der Waals surface area (Å²) < 4.78 is 10.6. The number of benzene rings is 2. The van der Waals surface area contributed by atoms with Gasteiger partial charge in [0, 0.05) is 29.6 Å². The predicted octanol–water partition coefficient (Wildman–Crippen LogP) is 6.22. The molecule has 10 heteroatoms. The molecule has 6 nitrogen and oxygen atoms in total. The number of amides is 1. The fraction of sp³-hybridized carbons (Fsp3) is 0.280. The number of nitrogens with one attached hydrogen (secondary N) is 1. The molecule has 35 heavy (non-hydrogen) atoms. The van der Waals surface area contributed by atoms with Crippen LogP contribution in [0.1, 0.15) is 35.5 Å². The summed E-state index contributed by atoms with van der Waals surface area (Å²) in [6.07, 6.45) is 1.54. The Labute approximate surface area is 222 Å². The summed E-state index contributed by atoms with van der Waals surface area (Å²) in [5.41, 5.74) is 3.13. The van der Waals surface area contributed by atoms with Gasteiger partial charge in [-0.15, -0.1) is 11.8 Å². The van der Waals surface area contributed by atoms with E-state index in [0.717, 1.165) is 21.7 Å². The lowest BCUT2D eigenvalue weighted by Gasteiger charge is -2.36. The normalized spacial score (nSPS) is 20.4. The summed E-state index contributed by atoms with van der Waals surface area (Å²) in [5.74, 6) is -0.0298. The van der Waals surface area contributed by atoms with Gasteiger partial charge in [0.15, 0.2) is 6.29 Å². The Morgan fingerprint density at radius 1 is 1.03 bits per heavy atom. The number of hydrogen-bond donors (Lipinski definition) is 2. The van der Waals surface area contributed by atoms with E-state index in [0.29, 0.717) is 17.9 Å². The lowest BCUT2D eigenvalue weighted by Crippen LogP contribution is -2.31. The molecule has 0 spiro atoms. The third-order valence-corrected chi connectivity index (χ3v) is 6.96. The number of ether oxygens (including phenoxy) is 2. The van der Waals surface area contributed by atoms with Crippen molar-refractivity contribution >= 4 is 58.2 Å². The van der Waals surface area contributed by atoms with Crippen LogP contribution in [0.4, 0.5) is 5.69 Å². The minimum absolute atomic E-state index is 0.0119. The van der Waals surface area contributed by atoms with E-state index in [2.05, 4.69) is 10.3 Å². The number of halogens is 3. The van der Waals surface area contributed by atoms with Crippen LogP contribution >= 0.6 is 46.6 Å². The average Bonchev–Trinajstić information content (AvgIpc) is 2.88. The fourth-order valence-corrected chi connectivity index (χ4v) is 4.58. The highest BCUT2D eigenvalue weighted by atomic mass is 35.6. The summed E-state index contributed by atoms with van der Waals surface area (Å²) >= 11 is 18.5. The summed E-state index contributed by atoms with van der Waals surface area (Å²) in [7, 11) is 0. The Kier molecular flexibility index (Phi) is 8.94. The molecule has 2 aromatic carbocycles. The number of aliphatic hydroxyl groups is 1. The van der Waals surface area contributed by atoms with Gasteiger partial charge in [-0.1, -0.05) is 77.3 Å². The van der Waals surface area contributed by atoms with E-state index < -0.39 is 16.0 Å². The number of aliphatic hydroxyl groups excluding tert-OH is 1. The number of aromatic nitrogens is 1. The van der Waals surface area contributed by atoms with Crippen molar-refractivity contribution in [1.82, 2.24) is 4.98 Å². The van der Waals surface area contributed by atoms with Crippen molar-refractivity contribution < 1.29 is 19.4 Å². The summed E-state index contributed by atoms with van der Waals surface area (Å²) in [4.78, 5) is 16.3. The van der Waals surface area contributed by atoms with E-state index in [4.69, 9.17) is 44.3 Å². The molecule has 0 aliphatic carbocycles. The third kappa shape index (κ3) is 7.33. The van der Waals surface area contributed by atoms with Crippen LogP contribution in [0.5, 0.6) is 0 Å². The van der Waals surface area contributed by atoms with E-state index >= 15 is 0 Å². The van der Waals surface area contributed by atoms with E-state index in [1.54, 1.807) is 42.2 Å². The van der Waals surface area contributed by atoms with Crippen molar-refractivity contribution in [2.24, 2.45) is 0 Å². The molecule has 2 heterocycles.